The van der Waals surface area contributed by atoms with Crippen LogP contribution in [0.1, 0.15) is 11.1 Å². The number of benzene rings is 2. The fourth-order valence-electron chi connectivity index (χ4n) is 2.15. The van der Waals surface area contributed by atoms with Gasteiger partial charge in [0.2, 0.25) is 0 Å². The Balaban J connectivity index is 1.67. The van der Waals surface area contributed by atoms with E-state index in [9.17, 15) is 0 Å². The van der Waals surface area contributed by atoms with Crippen LogP contribution in [-0.4, -0.2) is 6.61 Å². The van der Waals surface area contributed by atoms with Gasteiger partial charge in [-0.3, -0.25) is 0 Å². The van der Waals surface area contributed by atoms with E-state index in [1.807, 2.05) is 60.7 Å². The Hall–Kier alpha value is -2.25. The zero-order chi connectivity index (χ0) is 14.5. The number of para-hydroxylation sites is 1. The van der Waals surface area contributed by atoms with Gasteiger partial charge in [-0.1, -0.05) is 66.2 Å². The number of fused-ring (bicyclic) bond motifs is 1. The third-order valence-electron chi connectivity index (χ3n) is 3.23. The van der Waals surface area contributed by atoms with E-state index in [1.54, 1.807) is 0 Å². The van der Waals surface area contributed by atoms with Crippen molar-refractivity contribution in [2.24, 2.45) is 0 Å². The van der Waals surface area contributed by atoms with Crippen LogP contribution < -0.4 is 4.74 Å². The van der Waals surface area contributed by atoms with E-state index in [0.717, 1.165) is 27.5 Å². The lowest BCUT2D eigenvalue weighted by Gasteiger charge is -2.15. The van der Waals surface area contributed by atoms with Crippen LogP contribution in [0.4, 0.5) is 0 Å². The fraction of sp³-hybridized carbons (Fsp3) is 0.0526. The summed E-state index contributed by atoms with van der Waals surface area (Å²) in [6.45, 7) is 0.613. The van der Waals surface area contributed by atoms with Crippen molar-refractivity contribution in [3.8, 4) is 5.75 Å². The summed E-state index contributed by atoms with van der Waals surface area (Å²) in [5, 5.41) is 0.755. The molecule has 2 heteroatoms. The van der Waals surface area contributed by atoms with Gasteiger partial charge >= 0.3 is 0 Å². The standard InChI is InChI=1S/C19H15ClO/c20-18-11-9-15(10-12-18)5-1-2-6-16-13-17-7-3-4-8-19(17)21-14-16/h1-13H,14H2/b5-1+,6-2+. The Morgan fingerprint density at radius 2 is 1.67 bits per heavy atom. The lowest BCUT2D eigenvalue weighted by Crippen LogP contribution is -2.05. The van der Waals surface area contributed by atoms with E-state index in [2.05, 4.69) is 18.2 Å². The van der Waals surface area contributed by atoms with Gasteiger partial charge in [-0.25, -0.2) is 0 Å². The van der Waals surface area contributed by atoms with Gasteiger partial charge in [-0.05, 0) is 35.4 Å². The molecule has 1 nitrogen and oxygen atoms in total. The lowest BCUT2D eigenvalue weighted by molar-refractivity contribution is 0.351. The van der Waals surface area contributed by atoms with E-state index in [4.69, 9.17) is 16.3 Å². The van der Waals surface area contributed by atoms with E-state index >= 15 is 0 Å². The highest BCUT2D eigenvalue weighted by atomic mass is 35.5. The largest absolute Gasteiger partial charge is 0.488 e. The maximum atomic E-state index is 5.86. The molecule has 0 radical (unpaired) electrons. The summed E-state index contributed by atoms with van der Waals surface area (Å²) in [5.41, 5.74) is 3.42. The van der Waals surface area contributed by atoms with Crippen LogP contribution in [0, 0.1) is 0 Å². The maximum Gasteiger partial charge on any atom is 0.127 e. The zero-order valence-electron chi connectivity index (χ0n) is 11.5. The van der Waals surface area contributed by atoms with Crippen LogP contribution in [-0.2, 0) is 0 Å². The summed E-state index contributed by atoms with van der Waals surface area (Å²) in [7, 11) is 0. The molecule has 21 heavy (non-hydrogen) atoms. The molecule has 0 aromatic heterocycles. The van der Waals surface area contributed by atoms with Crippen molar-refractivity contribution in [3.63, 3.8) is 0 Å². The molecule has 2 aromatic carbocycles. The van der Waals surface area contributed by atoms with E-state index in [0.29, 0.717) is 6.61 Å². The van der Waals surface area contributed by atoms with Crippen molar-refractivity contribution in [2.75, 3.05) is 6.61 Å². The fourth-order valence-corrected chi connectivity index (χ4v) is 2.28. The summed E-state index contributed by atoms with van der Waals surface area (Å²) < 4.78 is 5.71. The van der Waals surface area contributed by atoms with Gasteiger partial charge in [0.1, 0.15) is 12.4 Å². The SMILES string of the molecule is Clc1ccc(/C=C/C=C/C2=Cc3ccccc3OC2)cc1. The van der Waals surface area contributed by atoms with Gasteiger partial charge in [0, 0.05) is 10.6 Å². The average molecular weight is 295 g/mol. The summed E-state index contributed by atoms with van der Waals surface area (Å²) >= 11 is 5.86. The molecule has 1 heterocycles. The molecule has 3 rings (SSSR count). The third kappa shape index (κ3) is 3.65. The normalized spacial score (nSPS) is 14.0. The van der Waals surface area contributed by atoms with E-state index < -0.39 is 0 Å². The van der Waals surface area contributed by atoms with Crippen molar-refractivity contribution in [1.29, 1.82) is 0 Å². The molecular weight excluding hydrogens is 280 g/mol. The number of halogens is 1. The molecule has 1 aliphatic rings. The van der Waals surface area contributed by atoms with Crippen LogP contribution in [0.5, 0.6) is 5.75 Å². The molecule has 0 saturated heterocycles. The van der Waals surface area contributed by atoms with Crippen molar-refractivity contribution < 1.29 is 4.74 Å². The second-order valence-electron chi connectivity index (χ2n) is 4.82. The lowest BCUT2D eigenvalue weighted by atomic mass is 10.1. The predicted molar refractivity (Wildman–Crippen MR) is 89.5 cm³/mol. The molecule has 0 unspecified atom stereocenters. The van der Waals surface area contributed by atoms with Gasteiger partial charge < -0.3 is 4.74 Å². The minimum absolute atomic E-state index is 0.613. The first-order chi connectivity index (χ1) is 10.3. The molecule has 0 atom stereocenters. The highest BCUT2D eigenvalue weighted by Gasteiger charge is 2.07. The zero-order valence-corrected chi connectivity index (χ0v) is 12.3. The molecule has 0 amide bonds. The van der Waals surface area contributed by atoms with Crippen LogP contribution in [0.3, 0.4) is 0 Å². The van der Waals surface area contributed by atoms with Crippen LogP contribution >= 0.6 is 11.6 Å². The molecule has 0 fully saturated rings. The molecule has 0 aliphatic carbocycles. The molecule has 0 bridgehead atoms. The van der Waals surface area contributed by atoms with E-state index in [-0.39, 0.29) is 0 Å². The van der Waals surface area contributed by atoms with Crippen molar-refractivity contribution in [2.45, 2.75) is 0 Å². The first kappa shape index (κ1) is 13.7. The van der Waals surface area contributed by atoms with Gasteiger partial charge in [-0.15, -0.1) is 0 Å². The van der Waals surface area contributed by atoms with Crippen molar-refractivity contribution >= 4 is 23.8 Å². The van der Waals surface area contributed by atoms with Crippen LogP contribution in [0.2, 0.25) is 5.02 Å². The third-order valence-corrected chi connectivity index (χ3v) is 3.49. The first-order valence-corrected chi connectivity index (χ1v) is 7.22. The Morgan fingerprint density at radius 1 is 0.905 bits per heavy atom. The summed E-state index contributed by atoms with van der Waals surface area (Å²) in [4.78, 5) is 0. The predicted octanol–water partition coefficient (Wildman–Crippen LogP) is 5.39. The summed E-state index contributed by atoms with van der Waals surface area (Å²) in [6, 6.07) is 15.8. The van der Waals surface area contributed by atoms with Crippen LogP contribution in [0.15, 0.2) is 72.3 Å². The summed E-state index contributed by atoms with van der Waals surface area (Å²) in [5.74, 6) is 0.950. The molecular formula is C19H15ClO. The quantitative estimate of drug-likeness (QED) is 0.690. The first-order valence-electron chi connectivity index (χ1n) is 6.84. The Morgan fingerprint density at radius 3 is 2.52 bits per heavy atom. The number of allylic oxidation sites excluding steroid dienone is 2. The highest BCUT2D eigenvalue weighted by molar-refractivity contribution is 6.30. The van der Waals surface area contributed by atoms with Gasteiger partial charge in [0.15, 0.2) is 0 Å². The van der Waals surface area contributed by atoms with Crippen LogP contribution in [0.25, 0.3) is 12.2 Å². The van der Waals surface area contributed by atoms with Gasteiger partial charge in [0.25, 0.3) is 0 Å². The summed E-state index contributed by atoms with van der Waals surface area (Å²) in [6.07, 6.45) is 10.3. The van der Waals surface area contributed by atoms with Crippen molar-refractivity contribution in [3.05, 3.63) is 88.5 Å². The Bertz CT molecular complexity index is 709. The maximum absolute atomic E-state index is 5.86. The minimum atomic E-state index is 0.613. The second kappa shape index (κ2) is 6.47. The number of ether oxygens (including phenoxy) is 1. The topological polar surface area (TPSA) is 9.23 Å². The van der Waals surface area contributed by atoms with Gasteiger partial charge in [0.05, 0.1) is 0 Å². The second-order valence-corrected chi connectivity index (χ2v) is 5.25. The molecule has 0 N–H and O–H groups in total. The van der Waals surface area contributed by atoms with Crippen molar-refractivity contribution in [1.82, 2.24) is 0 Å². The Labute approximate surface area is 129 Å². The van der Waals surface area contributed by atoms with Gasteiger partial charge in [-0.2, -0.15) is 0 Å². The molecule has 1 aliphatic heterocycles. The molecule has 0 spiro atoms. The smallest absolute Gasteiger partial charge is 0.127 e. The minimum Gasteiger partial charge on any atom is -0.488 e. The number of rotatable bonds is 3. The average Bonchev–Trinajstić information content (AvgIpc) is 2.53. The van der Waals surface area contributed by atoms with E-state index in [1.165, 1.54) is 0 Å². The molecule has 0 saturated carbocycles. The monoisotopic (exact) mass is 294 g/mol. The Kier molecular flexibility index (Phi) is 4.23. The number of hydrogen-bond acceptors (Lipinski definition) is 1. The molecule has 104 valence electrons. The highest BCUT2D eigenvalue weighted by Crippen LogP contribution is 2.25. The number of hydrogen-bond donors (Lipinski definition) is 0. The molecule has 2 aromatic rings.